The number of fused-ring (bicyclic) bond motifs is 6. The number of nitrogens with one attached hydrogen (secondary N) is 1. The predicted molar refractivity (Wildman–Crippen MR) is 172 cm³/mol. The maximum atomic E-state index is 12.6. The Morgan fingerprint density at radius 2 is 1.02 bits per heavy atom. The molecule has 0 fully saturated rings. The number of rotatable bonds is 13. The Hall–Kier alpha value is -4.66. The van der Waals surface area contributed by atoms with Gasteiger partial charge in [0.1, 0.15) is 13.2 Å². The topological polar surface area (TPSA) is 86.3 Å². The lowest BCUT2D eigenvalue weighted by atomic mass is 9.98. The molecule has 0 radical (unpaired) electrons. The molecule has 232 valence electrons. The molecule has 2 aliphatic carbocycles. The van der Waals surface area contributed by atoms with E-state index in [1.54, 1.807) is 7.05 Å². The highest BCUT2D eigenvalue weighted by Gasteiger charge is 2.30. The first-order valence-electron chi connectivity index (χ1n) is 15.4. The fourth-order valence-electron chi connectivity index (χ4n) is 6.19. The third-order valence-corrected chi connectivity index (χ3v) is 8.45. The smallest absolute Gasteiger partial charge is 0.409 e. The number of alkyl carbamates (subject to hydrolysis) is 1. The number of hydrogen-bond acceptors (Lipinski definition) is 6. The molecule has 2 amide bonds. The predicted octanol–water partition coefficient (Wildman–Crippen LogP) is 6.44. The molecule has 0 bridgehead atoms. The molecule has 8 nitrogen and oxygen atoms in total. The Morgan fingerprint density at radius 1 is 0.600 bits per heavy atom. The largest absolute Gasteiger partial charge is 0.449 e. The summed E-state index contributed by atoms with van der Waals surface area (Å²) in [4.78, 5) is 26.4. The number of carbonyl (C=O) groups is 2. The molecule has 0 unspecified atom stereocenters. The standard InChI is InChI=1S/C37H38N2O6/c1-39(37(41)45-25-35-32-16-8-4-12-28(32)29-13-5-9-17-33(29)35)19-21-43-23-22-42-20-18-38-36(40)44-24-34-30-14-6-2-10-26(30)27-11-3-7-15-31(27)34/h2-17,34-35H,18-25H2,1H3,(H,38,40). The number of carbonyl (C=O) groups excluding carboxylic acids is 2. The highest BCUT2D eigenvalue weighted by molar-refractivity contribution is 5.80. The number of likely N-dealkylation sites (N-methyl/N-ethyl adjacent to an activating group) is 1. The zero-order valence-electron chi connectivity index (χ0n) is 25.4. The summed E-state index contributed by atoms with van der Waals surface area (Å²) in [5, 5.41) is 2.74. The van der Waals surface area contributed by atoms with Crippen molar-refractivity contribution >= 4 is 12.2 Å². The molecule has 0 aliphatic heterocycles. The van der Waals surface area contributed by atoms with Gasteiger partial charge in [-0.15, -0.1) is 0 Å². The molecular formula is C37H38N2O6. The Bertz CT molecular complexity index is 1550. The van der Waals surface area contributed by atoms with Gasteiger partial charge in [-0.05, 0) is 44.5 Å². The minimum atomic E-state index is -0.465. The summed E-state index contributed by atoms with van der Waals surface area (Å²) in [6.45, 7) is 2.76. The summed E-state index contributed by atoms with van der Waals surface area (Å²) < 4.78 is 22.4. The van der Waals surface area contributed by atoms with Crippen LogP contribution in [0.25, 0.3) is 22.3 Å². The molecule has 45 heavy (non-hydrogen) atoms. The van der Waals surface area contributed by atoms with E-state index in [4.69, 9.17) is 18.9 Å². The summed E-state index contributed by atoms with van der Waals surface area (Å²) in [6.07, 6.45) is -0.844. The van der Waals surface area contributed by atoms with Gasteiger partial charge in [-0.25, -0.2) is 9.59 Å². The van der Waals surface area contributed by atoms with Crippen molar-refractivity contribution in [3.8, 4) is 22.3 Å². The average Bonchev–Trinajstić information content (AvgIpc) is 3.57. The van der Waals surface area contributed by atoms with E-state index in [-0.39, 0.29) is 31.1 Å². The number of ether oxygens (including phenoxy) is 4. The zero-order chi connectivity index (χ0) is 31.0. The lowest BCUT2D eigenvalue weighted by molar-refractivity contribution is 0.0387. The highest BCUT2D eigenvalue weighted by Crippen LogP contribution is 2.45. The molecule has 0 atom stereocenters. The molecular weight excluding hydrogens is 568 g/mol. The molecule has 2 aliphatic rings. The van der Waals surface area contributed by atoms with E-state index in [1.165, 1.54) is 49.4 Å². The first kappa shape index (κ1) is 30.4. The van der Waals surface area contributed by atoms with Gasteiger partial charge in [0.2, 0.25) is 0 Å². The van der Waals surface area contributed by atoms with Crippen molar-refractivity contribution in [1.29, 1.82) is 0 Å². The van der Waals surface area contributed by atoms with Gasteiger partial charge < -0.3 is 29.2 Å². The van der Waals surface area contributed by atoms with E-state index < -0.39 is 6.09 Å². The van der Waals surface area contributed by atoms with Gasteiger partial charge in [-0.1, -0.05) is 97.1 Å². The van der Waals surface area contributed by atoms with Crippen LogP contribution in [-0.2, 0) is 18.9 Å². The van der Waals surface area contributed by atoms with E-state index in [1.807, 2.05) is 48.5 Å². The molecule has 0 spiro atoms. The SMILES string of the molecule is CN(CCOCCOCCNC(=O)OCC1c2ccccc2-c2ccccc21)C(=O)OCC1c2ccccc2-c2ccccc21. The van der Waals surface area contributed by atoms with Crippen LogP contribution in [0.15, 0.2) is 97.1 Å². The van der Waals surface area contributed by atoms with Crippen molar-refractivity contribution in [1.82, 2.24) is 10.2 Å². The van der Waals surface area contributed by atoms with Gasteiger partial charge in [0.25, 0.3) is 0 Å². The molecule has 1 N–H and O–H groups in total. The molecule has 8 heteroatoms. The van der Waals surface area contributed by atoms with Gasteiger partial charge in [-0.3, -0.25) is 0 Å². The second kappa shape index (κ2) is 14.4. The molecule has 4 aromatic carbocycles. The van der Waals surface area contributed by atoms with Crippen LogP contribution in [0, 0.1) is 0 Å². The minimum Gasteiger partial charge on any atom is -0.449 e. The first-order chi connectivity index (χ1) is 22.1. The first-order valence-corrected chi connectivity index (χ1v) is 15.4. The normalized spacial score (nSPS) is 13.0. The third-order valence-electron chi connectivity index (χ3n) is 8.45. The number of nitrogens with zero attached hydrogens (tertiary/aromatic N) is 1. The zero-order valence-corrected chi connectivity index (χ0v) is 25.4. The second-order valence-corrected chi connectivity index (χ2v) is 11.2. The van der Waals surface area contributed by atoms with E-state index >= 15 is 0 Å². The van der Waals surface area contributed by atoms with Crippen LogP contribution in [0.1, 0.15) is 34.1 Å². The fraction of sp³-hybridized carbons (Fsp3) is 0.297. The van der Waals surface area contributed by atoms with Crippen LogP contribution in [0.3, 0.4) is 0 Å². The van der Waals surface area contributed by atoms with Crippen LogP contribution in [0.5, 0.6) is 0 Å². The van der Waals surface area contributed by atoms with Gasteiger partial charge in [-0.2, -0.15) is 0 Å². The van der Waals surface area contributed by atoms with Crippen LogP contribution in [0.4, 0.5) is 9.59 Å². The quantitative estimate of drug-likeness (QED) is 0.176. The van der Waals surface area contributed by atoms with Crippen molar-refractivity contribution < 1.29 is 28.5 Å². The maximum Gasteiger partial charge on any atom is 0.409 e. The lowest BCUT2D eigenvalue weighted by Gasteiger charge is -2.19. The number of amides is 2. The highest BCUT2D eigenvalue weighted by atomic mass is 16.6. The Balaban J connectivity index is 0.817. The number of benzene rings is 4. The van der Waals surface area contributed by atoms with Crippen molar-refractivity contribution in [3.63, 3.8) is 0 Å². The van der Waals surface area contributed by atoms with Crippen molar-refractivity contribution in [3.05, 3.63) is 119 Å². The molecule has 0 saturated heterocycles. The summed E-state index contributed by atoms with van der Waals surface area (Å²) in [7, 11) is 1.70. The molecule has 0 saturated carbocycles. The molecule has 4 aromatic rings. The monoisotopic (exact) mass is 606 g/mol. The number of hydrogen-bond donors (Lipinski definition) is 1. The van der Waals surface area contributed by atoms with Gasteiger partial charge in [0.15, 0.2) is 0 Å². The van der Waals surface area contributed by atoms with Gasteiger partial charge >= 0.3 is 12.2 Å². The molecule has 0 aromatic heterocycles. The third kappa shape index (κ3) is 6.87. The van der Waals surface area contributed by atoms with Gasteiger partial charge in [0.05, 0.1) is 26.4 Å². The Kier molecular flexibility index (Phi) is 9.73. The summed E-state index contributed by atoms with van der Waals surface area (Å²) >= 11 is 0. The van der Waals surface area contributed by atoms with Crippen LogP contribution in [-0.4, -0.2) is 76.9 Å². The molecule has 0 heterocycles. The fourth-order valence-corrected chi connectivity index (χ4v) is 6.19. The molecule has 6 rings (SSSR count). The van der Waals surface area contributed by atoms with E-state index in [9.17, 15) is 9.59 Å². The van der Waals surface area contributed by atoms with E-state index in [0.29, 0.717) is 39.5 Å². The van der Waals surface area contributed by atoms with Crippen LogP contribution >= 0.6 is 0 Å². The van der Waals surface area contributed by atoms with Gasteiger partial charge in [0, 0.05) is 32.0 Å². The summed E-state index contributed by atoms with van der Waals surface area (Å²) in [5.41, 5.74) is 9.52. The summed E-state index contributed by atoms with van der Waals surface area (Å²) in [6, 6.07) is 33.0. The lowest BCUT2D eigenvalue weighted by Crippen LogP contribution is -2.32. The second-order valence-electron chi connectivity index (χ2n) is 11.2. The van der Waals surface area contributed by atoms with Crippen molar-refractivity contribution in [2.75, 3.05) is 59.8 Å². The maximum absolute atomic E-state index is 12.6. The van der Waals surface area contributed by atoms with Crippen molar-refractivity contribution in [2.45, 2.75) is 11.8 Å². The van der Waals surface area contributed by atoms with Crippen LogP contribution < -0.4 is 5.32 Å². The van der Waals surface area contributed by atoms with E-state index in [0.717, 1.165) is 0 Å². The Morgan fingerprint density at radius 3 is 1.51 bits per heavy atom. The summed E-state index contributed by atoms with van der Waals surface area (Å²) in [5.74, 6) is 0.0570. The Labute approximate surface area is 263 Å². The average molecular weight is 607 g/mol. The van der Waals surface area contributed by atoms with E-state index in [2.05, 4.69) is 53.8 Å². The van der Waals surface area contributed by atoms with Crippen LogP contribution in [0.2, 0.25) is 0 Å². The minimum absolute atomic E-state index is 0.0275. The van der Waals surface area contributed by atoms with Crippen molar-refractivity contribution in [2.24, 2.45) is 0 Å².